The molecule has 0 heterocycles. The Hall–Kier alpha value is -0.780. The standard InChI is InChI=1S/C6H10F3NO2/c7-2-1-3(8)4(9)5(10)6(11)12/h3-5H,1-2,10H2,(H,11,12). The molecule has 6 heteroatoms. The average molecular weight is 185 g/mol. The van der Waals surface area contributed by atoms with Crippen molar-refractivity contribution in [3.05, 3.63) is 0 Å². The molecule has 0 rings (SSSR count). The van der Waals surface area contributed by atoms with Crippen LogP contribution in [0.2, 0.25) is 0 Å². The number of rotatable bonds is 5. The molecule has 0 aliphatic carbocycles. The van der Waals surface area contributed by atoms with E-state index >= 15 is 0 Å². The van der Waals surface area contributed by atoms with Gasteiger partial charge in [0, 0.05) is 6.42 Å². The first-order valence-electron chi connectivity index (χ1n) is 3.33. The first-order valence-corrected chi connectivity index (χ1v) is 3.33. The number of aliphatic carboxylic acids is 1. The Labute approximate surface area is 67.4 Å². The molecule has 0 spiro atoms. The van der Waals surface area contributed by atoms with E-state index in [1.165, 1.54) is 0 Å². The molecule has 0 aliphatic heterocycles. The fraction of sp³-hybridized carbons (Fsp3) is 0.833. The third-order valence-electron chi connectivity index (χ3n) is 1.36. The van der Waals surface area contributed by atoms with Crippen molar-refractivity contribution in [2.45, 2.75) is 24.8 Å². The summed E-state index contributed by atoms with van der Waals surface area (Å²) in [5, 5.41) is 8.14. The van der Waals surface area contributed by atoms with Crippen LogP contribution >= 0.6 is 0 Å². The number of alkyl halides is 3. The molecule has 0 radical (unpaired) electrons. The lowest BCUT2D eigenvalue weighted by Crippen LogP contribution is -2.44. The Morgan fingerprint density at radius 2 is 2.00 bits per heavy atom. The van der Waals surface area contributed by atoms with Crippen LogP contribution in [0.25, 0.3) is 0 Å². The lowest BCUT2D eigenvalue weighted by Gasteiger charge is -2.15. The molecular formula is C6H10F3NO2. The third-order valence-corrected chi connectivity index (χ3v) is 1.36. The summed E-state index contributed by atoms with van der Waals surface area (Å²) in [5.41, 5.74) is 4.75. The first-order chi connectivity index (χ1) is 5.50. The largest absolute Gasteiger partial charge is 0.480 e. The quantitative estimate of drug-likeness (QED) is 0.653. The number of carbonyl (C=O) groups is 1. The second-order valence-corrected chi connectivity index (χ2v) is 2.30. The maximum absolute atomic E-state index is 12.6. The van der Waals surface area contributed by atoms with E-state index in [9.17, 15) is 18.0 Å². The van der Waals surface area contributed by atoms with Crippen molar-refractivity contribution in [1.82, 2.24) is 0 Å². The zero-order valence-corrected chi connectivity index (χ0v) is 6.21. The normalized spacial score (nSPS) is 18.3. The predicted molar refractivity (Wildman–Crippen MR) is 36.0 cm³/mol. The Bertz CT molecular complexity index is 156. The number of halogens is 3. The highest BCUT2D eigenvalue weighted by molar-refractivity contribution is 5.74. The van der Waals surface area contributed by atoms with Crippen molar-refractivity contribution >= 4 is 5.97 Å². The summed E-state index contributed by atoms with van der Waals surface area (Å²) in [5.74, 6) is -1.64. The SMILES string of the molecule is NC(C(=O)O)C(F)C(F)CCF. The monoisotopic (exact) mass is 185 g/mol. The molecule has 3 N–H and O–H groups in total. The molecule has 0 saturated carbocycles. The summed E-state index contributed by atoms with van der Waals surface area (Å²) in [6, 6.07) is -1.92. The molecule has 3 atom stereocenters. The maximum Gasteiger partial charge on any atom is 0.323 e. The van der Waals surface area contributed by atoms with Gasteiger partial charge in [-0.1, -0.05) is 0 Å². The minimum atomic E-state index is -2.35. The number of nitrogens with two attached hydrogens (primary N) is 1. The van der Waals surface area contributed by atoms with Gasteiger partial charge in [-0.3, -0.25) is 9.18 Å². The van der Waals surface area contributed by atoms with Gasteiger partial charge in [0.15, 0.2) is 6.17 Å². The fourth-order valence-electron chi connectivity index (χ4n) is 0.625. The number of hydrogen-bond acceptors (Lipinski definition) is 2. The minimum absolute atomic E-state index is 0.665. The average Bonchev–Trinajstić information content (AvgIpc) is 2.02. The zero-order valence-electron chi connectivity index (χ0n) is 6.21. The van der Waals surface area contributed by atoms with Gasteiger partial charge in [0.05, 0.1) is 6.67 Å². The highest BCUT2D eigenvalue weighted by atomic mass is 19.2. The molecular weight excluding hydrogens is 175 g/mol. The van der Waals surface area contributed by atoms with E-state index in [4.69, 9.17) is 10.8 Å². The van der Waals surface area contributed by atoms with Crippen molar-refractivity contribution in [3.63, 3.8) is 0 Å². The van der Waals surface area contributed by atoms with Crippen LogP contribution in [0.3, 0.4) is 0 Å². The summed E-state index contributed by atoms with van der Waals surface area (Å²) < 4.78 is 36.5. The molecule has 0 aromatic rings. The highest BCUT2D eigenvalue weighted by Gasteiger charge is 2.31. The summed E-state index contributed by atoms with van der Waals surface area (Å²) >= 11 is 0. The summed E-state index contributed by atoms with van der Waals surface area (Å²) in [6.45, 7) is -1.03. The predicted octanol–water partition coefficient (Wildman–Crippen LogP) is 0.434. The fourth-order valence-corrected chi connectivity index (χ4v) is 0.625. The van der Waals surface area contributed by atoms with E-state index in [0.717, 1.165) is 0 Å². The molecule has 3 unspecified atom stereocenters. The van der Waals surface area contributed by atoms with Crippen molar-refractivity contribution in [1.29, 1.82) is 0 Å². The first kappa shape index (κ1) is 11.2. The van der Waals surface area contributed by atoms with Gasteiger partial charge in [-0.25, -0.2) is 8.78 Å². The van der Waals surface area contributed by atoms with Crippen LogP contribution < -0.4 is 5.73 Å². The van der Waals surface area contributed by atoms with Gasteiger partial charge in [0.25, 0.3) is 0 Å². The van der Waals surface area contributed by atoms with E-state index in [2.05, 4.69) is 0 Å². The van der Waals surface area contributed by atoms with Gasteiger partial charge in [-0.2, -0.15) is 0 Å². The summed E-state index contributed by atoms with van der Waals surface area (Å²) in [4.78, 5) is 10.0. The van der Waals surface area contributed by atoms with Crippen LogP contribution in [-0.2, 0) is 4.79 Å². The van der Waals surface area contributed by atoms with E-state index in [-0.39, 0.29) is 0 Å². The number of hydrogen-bond donors (Lipinski definition) is 2. The smallest absolute Gasteiger partial charge is 0.323 e. The number of carboxylic acid groups (broad SMARTS) is 1. The zero-order chi connectivity index (χ0) is 9.72. The third kappa shape index (κ3) is 3.08. The van der Waals surface area contributed by atoms with Gasteiger partial charge in [0.2, 0.25) is 0 Å². The topological polar surface area (TPSA) is 63.3 Å². The van der Waals surface area contributed by atoms with Crippen LogP contribution in [0.4, 0.5) is 13.2 Å². The Kier molecular flexibility index (Phi) is 4.65. The van der Waals surface area contributed by atoms with E-state index in [0.29, 0.717) is 0 Å². The van der Waals surface area contributed by atoms with E-state index in [1.54, 1.807) is 0 Å². The lowest BCUT2D eigenvalue weighted by molar-refractivity contribution is -0.141. The van der Waals surface area contributed by atoms with Gasteiger partial charge in [-0.15, -0.1) is 0 Å². The van der Waals surface area contributed by atoms with Crippen LogP contribution in [0.1, 0.15) is 6.42 Å². The second-order valence-electron chi connectivity index (χ2n) is 2.30. The van der Waals surface area contributed by atoms with Crippen LogP contribution in [0, 0.1) is 0 Å². The van der Waals surface area contributed by atoms with Crippen molar-refractivity contribution in [2.24, 2.45) is 5.73 Å². The minimum Gasteiger partial charge on any atom is -0.480 e. The Morgan fingerprint density at radius 3 is 2.33 bits per heavy atom. The molecule has 0 bridgehead atoms. The molecule has 72 valence electrons. The van der Waals surface area contributed by atoms with Gasteiger partial charge >= 0.3 is 5.97 Å². The van der Waals surface area contributed by atoms with E-state index in [1.807, 2.05) is 0 Å². The van der Waals surface area contributed by atoms with Crippen molar-refractivity contribution in [3.8, 4) is 0 Å². The molecule has 3 nitrogen and oxygen atoms in total. The van der Waals surface area contributed by atoms with Crippen molar-refractivity contribution < 1.29 is 23.1 Å². The van der Waals surface area contributed by atoms with Gasteiger partial charge in [-0.05, 0) is 0 Å². The molecule has 12 heavy (non-hydrogen) atoms. The maximum atomic E-state index is 12.6. The molecule has 0 amide bonds. The molecule has 0 saturated heterocycles. The van der Waals surface area contributed by atoms with Crippen LogP contribution in [-0.4, -0.2) is 36.1 Å². The van der Waals surface area contributed by atoms with Crippen LogP contribution in [0.15, 0.2) is 0 Å². The van der Waals surface area contributed by atoms with Gasteiger partial charge in [0.1, 0.15) is 12.2 Å². The summed E-state index contributed by atoms with van der Waals surface area (Å²) in [6.07, 6.45) is -5.17. The Balaban J connectivity index is 3.99. The van der Waals surface area contributed by atoms with E-state index < -0.39 is 37.4 Å². The van der Waals surface area contributed by atoms with Gasteiger partial charge < -0.3 is 10.8 Å². The summed E-state index contributed by atoms with van der Waals surface area (Å²) in [7, 11) is 0. The molecule has 0 aromatic carbocycles. The van der Waals surface area contributed by atoms with Crippen molar-refractivity contribution in [2.75, 3.05) is 6.67 Å². The lowest BCUT2D eigenvalue weighted by atomic mass is 10.1. The van der Waals surface area contributed by atoms with Crippen LogP contribution in [0.5, 0.6) is 0 Å². The molecule has 0 aromatic heterocycles. The molecule has 0 aliphatic rings. The Morgan fingerprint density at radius 1 is 1.50 bits per heavy atom. The molecule has 0 fully saturated rings. The second kappa shape index (κ2) is 4.97. The number of carboxylic acids is 1. The highest BCUT2D eigenvalue weighted by Crippen LogP contribution is 2.11.